The number of carbonyl (C=O) groups is 1. The van der Waals surface area contributed by atoms with Crippen molar-refractivity contribution in [3.8, 4) is 0 Å². The maximum atomic E-state index is 11.7. The molecule has 23 heavy (non-hydrogen) atoms. The maximum absolute atomic E-state index is 11.7. The number of nitro groups is 1. The molecule has 6 heteroatoms. The Bertz CT molecular complexity index is 756. The van der Waals surface area contributed by atoms with Crippen LogP contribution in [0.3, 0.4) is 0 Å². The number of nitro benzene ring substituents is 1. The average Bonchev–Trinajstić information content (AvgIpc) is 2.55. The second kappa shape index (κ2) is 7.56. The first-order chi connectivity index (χ1) is 11.0. The molecule has 0 aliphatic carbocycles. The summed E-state index contributed by atoms with van der Waals surface area (Å²) < 4.78 is 4.85. The first kappa shape index (κ1) is 16.7. The van der Waals surface area contributed by atoms with Crippen LogP contribution < -0.4 is 0 Å². The van der Waals surface area contributed by atoms with Crippen molar-refractivity contribution in [1.82, 2.24) is 0 Å². The summed E-state index contributed by atoms with van der Waals surface area (Å²) in [4.78, 5) is 22.4. The van der Waals surface area contributed by atoms with Gasteiger partial charge in [0.2, 0.25) is 0 Å². The van der Waals surface area contributed by atoms with E-state index in [0.717, 1.165) is 5.56 Å². The number of halogens is 1. The normalized spacial score (nSPS) is 11.1. The second-order valence-electron chi connectivity index (χ2n) is 4.61. The zero-order valence-electron chi connectivity index (χ0n) is 12.4. The van der Waals surface area contributed by atoms with Gasteiger partial charge in [0.1, 0.15) is 0 Å². The molecule has 0 atom stereocenters. The van der Waals surface area contributed by atoms with Crippen LogP contribution in [0.25, 0.3) is 11.1 Å². The molecule has 0 N–H and O–H groups in total. The number of nitrogens with zero attached hydrogens (tertiary/aromatic N) is 1. The quantitative estimate of drug-likeness (QED) is 0.350. The first-order valence-electron chi connectivity index (χ1n) is 6.91. The predicted molar refractivity (Wildman–Crippen MR) is 89.2 cm³/mol. The molecule has 0 bridgehead atoms. The highest BCUT2D eigenvalue weighted by atomic mass is 35.5. The molecule has 5 nitrogen and oxygen atoms in total. The molecule has 0 heterocycles. The molecule has 0 fully saturated rings. The van der Waals surface area contributed by atoms with E-state index in [1.807, 2.05) is 30.3 Å². The van der Waals surface area contributed by atoms with Gasteiger partial charge >= 0.3 is 5.97 Å². The molecule has 2 rings (SSSR count). The van der Waals surface area contributed by atoms with Gasteiger partial charge in [-0.2, -0.15) is 0 Å². The van der Waals surface area contributed by atoms with Crippen molar-refractivity contribution in [2.45, 2.75) is 6.92 Å². The van der Waals surface area contributed by atoms with Gasteiger partial charge < -0.3 is 4.74 Å². The number of carbonyl (C=O) groups excluding carboxylic acids is 1. The van der Waals surface area contributed by atoms with E-state index in [0.29, 0.717) is 0 Å². The Labute approximate surface area is 138 Å². The summed E-state index contributed by atoms with van der Waals surface area (Å²) >= 11 is 6.22. The van der Waals surface area contributed by atoms with Crippen molar-refractivity contribution in [3.05, 3.63) is 75.3 Å². The standard InChI is InChI=1S/C17H14ClNO4/c1-2-23-17(20)13-8-9-14(16(11-13)19(21)22)15(18)10-12-6-4-3-5-7-12/h3-11H,2H2,1H3/b15-10-. The molecule has 2 aromatic rings. The molecular weight excluding hydrogens is 318 g/mol. The van der Waals surface area contributed by atoms with E-state index in [-0.39, 0.29) is 28.5 Å². The molecule has 0 saturated heterocycles. The van der Waals surface area contributed by atoms with Crippen LogP contribution in [0.1, 0.15) is 28.4 Å². The third-order valence-corrected chi connectivity index (χ3v) is 3.37. The summed E-state index contributed by atoms with van der Waals surface area (Å²) in [6.07, 6.45) is 1.63. The summed E-state index contributed by atoms with van der Waals surface area (Å²) in [7, 11) is 0. The number of ether oxygens (including phenoxy) is 1. The molecule has 0 amide bonds. The number of benzene rings is 2. The van der Waals surface area contributed by atoms with Gasteiger partial charge in [0.25, 0.3) is 5.69 Å². The SMILES string of the molecule is CCOC(=O)c1ccc(/C(Cl)=C/c2ccccc2)c([N+](=O)[O-])c1. The molecule has 0 unspecified atom stereocenters. The van der Waals surface area contributed by atoms with E-state index >= 15 is 0 Å². The van der Waals surface area contributed by atoms with Gasteiger partial charge in [0.05, 0.1) is 27.7 Å². The highest BCUT2D eigenvalue weighted by molar-refractivity contribution is 6.51. The van der Waals surface area contributed by atoms with Crippen LogP contribution in [-0.4, -0.2) is 17.5 Å². The highest BCUT2D eigenvalue weighted by Gasteiger charge is 2.20. The van der Waals surface area contributed by atoms with Crippen LogP contribution in [0.15, 0.2) is 48.5 Å². The van der Waals surface area contributed by atoms with Gasteiger partial charge in [-0.15, -0.1) is 0 Å². The van der Waals surface area contributed by atoms with E-state index < -0.39 is 10.9 Å². The monoisotopic (exact) mass is 331 g/mol. The number of hydrogen-bond donors (Lipinski definition) is 0. The smallest absolute Gasteiger partial charge is 0.338 e. The Morgan fingerprint density at radius 2 is 1.96 bits per heavy atom. The molecule has 0 aliphatic heterocycles. The van der Waals surface area contributed by atoms with E-state index in [1.165, 1.54) is 18.2 Å². The largest absolute Gasteiger partial charge is 0.462 e. The minimum absolute atomic E-state index is 0.117. The molecule has 0 spiro atoms. The third-order valence-electron chi connectivity index (χ3n) is 3.06. The fourth-order valence-corrected chi connectivity index (χ4v) is 2.29. The Hall–Kier alpha value is -2.66. The van der Waals surface area contributed by atoms with Crippen LogP contribution in [0, 0.1) is 10.1 Å². The Morgan fingerprint density at radius 3 is 2.57 bits per heavy atom. The molecule has 0 aliphatic rings. The molecular formula is C17H14ClNO4. The topological polar surface area (TPSA) is 69.4 Å². The minimum Gasteiger partial charge on any atom is -0.462 e. The second-order valence-corrected chi connectivity index (χ2v) is 5.02. The molecule has 0 saturated carbocycles. The predicted octanol–water partition coefficient (Wildman–Crippen LogP) is 4.51. The van der Waals surface area contributed by atoms with E-state index in [9.17, 15) is 14.9 Å². The van der Waals surface area contributed by atoms with Crippen LogP contribution in [-0.2, 0) is 4.74 Å². The maximum Gasteiger partial charge on any atom is 0.338 e. The lowest BCUT2D eigenvalue weighted by Crippen LogP contribution is -2.06. The van der Waals surface area contributed by atoms with Crippen LogP contribution in [0.2, 0.25) is 0 Å². The van der Waals surface area contributed by atoms with Gasteiger partial charge in [-0.3, -0.25) is 10.1 Å². The zero-order valence-corrected chi connectivity index (χ0v) is 13.1. The van der Waals surface area contributed by atoms with Crippen LogP contribution >= 0.6 is 11.6 Å². The lowest BCUT2D eigenvalue weighted by Gasteiger charge is -2.05. The molecule has 0 radical (unpaired) electrons. The molecule has 2 aromatic carbocycles. The van der Waals surface area contributed by atoms with Crippen LogP contribution in [0.5, 0.6) is 0 Å². The van der Waals surface area contributed by atoms with Crippen molar-refractivity contribution in [3.63, 3.8) is 0 Å². The van der Waals surface area contributed by atoms with E-state index in [4.69, 9.17) is 16.3 Å². The Kier molecular flexibility index (Phi) is 5.49. The van der Waals surface area contributed by atoms with Gasteiger partial charge in [-0.25, -0.2) is 4.79 Å². The Balaban J connectivity index is 2.44. The van der Waals surface area contributed by atoms with Gasteiger partial charge in [0, 0.05) is 6.07 Å². The van der Waals surface area contributed by atoms with Crippen molar-refractivity contribution >= 4 is 34.4 Å². The van der Waals surface area contributed by atoms with Crippen molar-refractivity contribution in [1.29, 1.82) is 0 Å². The summed E-state index contributed by atoms with van der Waals surface area (Å²) in [5, 5.41) is 11.5. The van der Waals surface area contributed by atoms with E-state index in [2.05, 4.69) is 0 Å². The highest BCUT2D eigenvalue weighted by Crippen LogP contribution is 2.31. The fraction of sp³-hybridized carbons (Fsp3) is 0.118. The number of hydrogen-bond acceptors (Lipinski definition) is 4. The summed E-state index contributed by atoms with van der Waals surface area (Å²) in [5.74, 6) is -0.606. The number of esters is 1. The molecule has 118 valence electrons. The lowest BCUT2D eigenvalue weighted by atomic mass is 10.1. The summed E-state index contributed by atoms with van der Waals surface area (Å²) in [6, 6.07) is 13.3. The average molecular weight is 332 g/mol. The fourth-order valence-electron chi connectivity index (χ4n) is 2.00. The van der Waals surface area contributed by atoms with Gasteiger partial charge in [-0.05, 0) is 30.7 Å². The lowest BCUT2D eigenvalue weighted by molar-refractivity contribution is -0.385. The van der Waals surface area contributed by atoms with Gasteiger partial charge in [-0.1, -0.05) is 41.9 Å². The zero-order chi connectivity index (χ0) is 16.8. The van der Waals surface area contributed by atoms with Crippen molar-refractivity contribution in [2.24, 2.45) is 0 Å². The summed E-state index contributed by atoms with van der Waals surface area (Å²) in [6.45, 7) is 1.86. The minimum atomic E-state index is -0.606. The van der Waals surface area contributed by atoms with Crippen LogP contribution in [0.4, 0.5) is 5.69 Å². The summed E-state index contributed by atoms with van der Waals surface area (Å²) in [5.41, 5.74) is 0.939. The van der Waals surface area contributed by atoms with Gasteiger partial charge in [0.15, 0.2) is 0 Å². The van der Waals surface area contributed by atoms with Crippen molar-refractivity contribution < 1.29 is 14.5 Å². The van der Waals surface area contributed by atoms with E-state index in [1.54, 1.807) is 13.0 Å². The first-order valence-corrected chi connectivity index (χ1v) is 7.29. The third kappa shape index (κ3) is 4.17. The Morgan fingerprint density at radius 1 is 1.26 bits per heavy atom. The van der Waals surface area contributed by atoms with Crippen molar-refractivity contribution in [2.75, 3.05) is 6.61 Å². The molecule has 0 aromatic heterocycles. The number of rotatable bonds is 5.